The van der Waals surface area contributed by atoms with Gasteiger partial charge in [0.15, 0.2) is 0 Å². The molecule has 0 aliphatic heterocycles. The van der Waals surface area contributed by atoms with Gasteiger partial charge in [-0.15, -0.1) is 0 Å². The molecule has 0 saturated carbocycles. The Balaban J connectivity index is 2.23. The Hall–Kier alpha value is -2.30. The molecular weight excluding hydrogens is 252 g/mol. The lowest BCUT2D eigenvalue weighted by atomic mass is 10.1. The van der Waals surface area contributed by atoms with Crippen molar-refractivity contribution >= 4 is 11.6 Å². The lowest BCUT2D eigenvalue weighted by molar-refractivity contribution is 0.0784. The van der Waals surface area contributed by atoms with Crippen LogP contribution in [0.5, 0.6) is 0 Å². The lowest BCUT2D eigenvalue weighted by Crippen LogP contribution is -2.27. The van der Waals surface area contributed by atoms with Gasteiger partial charge in [-0.3, -0.25) is 9.48 Å². The summed E-state index contributed by atoms with van der Waals surface area (Å²) in [5.41, 5.74) is 9.86. The van der Waals surface area contributed by atoms with Crippen molar-refractivity contribution in [2.24, 2.45) is 7.05 Å². The maximum atomic E-state index is 12.5. The van der Waals surface area contributed by atoms with E-state index in [1.807, 2.05) is 45.2 Å². The molecule has 2 rings (SSSR count). The average molecular weight is 272 g/mol. The molecule has 20 heavy (non-hydrogen) atoms. The van der Waals surface area contributed by atoms with Crippen molar-refractivity contribution in [3.63, 3.8) is 0 Å². The number of nitrogens with zero attached hydrogens (tertiary/aromatic N) is 3. The van der Waals surface area contributed by atoms with E-state index in [1.54, 1.807) is 16.6 Å². The molecule has 1 heterocycles. The molecule has 0 bridgehead atoms. The fourth-order valence-corrected chi connectivity index (χ4v) is 2.28. The SMILES string of the molecule is Cc1nn(C)c(C)c1C(=O)N(C)Cc1ccccc1N. The second-order valence-corrected chi connectivity index (χ2v) is 5.03. The highest BCUT2D eigenvalue weighted by Gasteiger charge is 2.21. The molecule has 2 aromatic rings. The van der Waals surface area contributed by atoms with Crippen LogP contribution in [0.15, 0.2) is 24.3 Å². The van der Waals surface area contributed by atoms with Crippen LogP contribution >= 0.6 is 0 Å². The number of carbonyl (C=O) groups excluding carboxylic acids is 1. The van der Waals surface area contributed by atoms with Crippen molar-refractivity contribution in [2.75, 3.05) is 12.8 Å². The fourth-order valence-electron chi connectivity index (χ4n) is 2.28. The van der Waals surface area contributed by atoms with Crippen LogP contribution in [0.25, 0.3) is 0 Å². The van der Waals surface area contributed by atoms with Crippen molar-refractivity contribution in [1.82, 2.24) is 14.7 Å². The summed E-state index contributed by atoms with van der Waals surface area (Å²) in [6.07, 6.45) is 0. The molecule has 106 valence electrons. The van der Waals surface area contributed by atoms with E-state index in [0.29, 0.717) is 17.8 Å². The smallest absolute Gasteiger partial charge is 0.257 e. The molecule has 5 heteroatoms. The van der Waals surface area contributed by atoms with Gasteiger partial charge < -0.3 is 10.6 Å². The van der Waals surface area contributed by atoms with Crippen LogP contribution in [0.2, 0.25) is 0 Å². The Labute approximate surface area is 119 Å². The summed E-state index contributed by atoms with van der Waals surface area (Å²) < 4.78 is 1.73. The van der Waals surface area contributed by atoms with Gasteiger partial charge in [-0.25, -0.2) is 0 Å². The maximum Gasteiger partial charge on any atom is 0.257 e. The Morgan fingerprint density at radius 1 is 1.35 bits per heavy atom. The molecule has 0 aliphatic carbocycles. The molecule has 0 aliphatic rings. The molecule has 2 N–H and O–H groups in total. The van der Waals surface area contributed by atoms with E-state index >= 15 is 0 Å². The zero-order valence-electron chi connectivity index (χ0n) is 12.3. The minimum Gasteiger partial charge on any atom is -0.398 e. The molecule has 0 radical (unpaired) electrons. The van der Waals surface area contributed by atoms with Gasteiger partial charge in [0.25, 0.3) is 5.91 Å². The third kappa shape index (κ3) is 2.52. The van der Waals surface area contributed by atoms with Crippen molar-refractivity contribution in [1.29, 1.82) is 0 Å². The summed E-state index contributed by atoms with van der Waals surface area (Å²) in [6, 6.07) is 7.58. The van der Waals surface area contributed by atoms with Crippen molar-refractivity contribution < 1.29 is 4.79 Å². The highest BCUT2D eigenvalue weighted by molar-refractivity contribution is 5.96. The third-order valence-corrected chi connectivity index (χ3v) is 3.53. The first-order chi connectivity index (χ1) is 9.41. The Bertz CT molecular complexity index is 645. The number of aryl methyl sites for hydroxylation is 2. The molecule has 0 atom stereocenters. The van der Waals surface area contributed by atoms with Gasteiger partial charge in [-0.05, 0) is 25.5 Å². The molecule has 0 unspecified atom stereocenters. The standard InChI is InChI=1S/C15H20N4O/c1-10-14(11(2)19(4)17-10)15(20)18(3)9-12-7-5-6-8-13(12)16/h5-8H,9,16H2,1-4H3. The Morgan fingerprint density at radius 3 is 2.55 bits per heavy atom. The third-order valence-electron chi connectivity index (χ3n) is 3.53. The number of amides is 1. The minimum absolute atomic E-state index is 0.0312. The molecular formula is C15H20N4O. The van der Waals surface area contributed by atoms with Gasteiger partial charge >= 0.3 is 0 Å². The van der Waals surface area contributed by atoms with Gasteiger partial charge in [-0.2, -0.15) is 5.10 Å². The quantitative estimate of drug-likeness (QED) is 0.868. The molecule has 0 spiro atoms. The molecule has 5 nitrogen and oxygen atoms in total. The zero-order valence-corrected chi connectivity index (χ0v) is 12.3. The fraction of sp³-hybridized carbons (Fsp3) is 0.333. The first-order valence-corrected chi connectivity index (χ1v) is 6.51. The van der Waals surface area contributed by atoms with Crippen LogP contribution in [0.4, 0.5) is 5.69 Å². The summed E-state index contributed by atoms with van der Waals surface area (Å²) >= 11 is 0. The summed E-state index contributed by atoms with van der Waals surface area (Å²) in [5.74, 6) is -0.0312. The zero-order chi connectivity index (χ0) is 14.9. The van der Waals surface area contributed by atoms with Gasteiger partial charge in [-0.1, -0.05) is 18.2 Å². The normalized spacial score (nSPS) is 10.6. The number of nitrogens with two attached hydrogens (primary N) is 1. The van der Waals surface area contributed by atoms with Crippen molar-refractivity contribution in [2.45, 2.75) is 20.4 Å². The number of hydrogen-bond acceptors (Lipinski definition) is 3. The van der Waals surface area contributed by atoms with Gasteiger partial charge in [0.1, 0.15) is 0 Å². The van der Waals surface area contributed by atoms with E-state index in [-0.39, 0.29) is 5.91 Å². The Morgan fingerprint density at radius 2 is 2.00 bits per heavy atom. The predicted octanol–water partition coefficient (Wildman–Crippen LogP) is 1.89. The minimum atomic E-state index is -0.0312. The number of carbonyl (C=O) groups is 1. The monoisotopic (exact) mass is 272 g/mol. The van der Waals surface area contributed by atoms with Crippen molar-refractivity contribution in [3.8, 4) is 0 Å². The van der Waals surface area contributed by atoms with E-state index in [0.717, 1.165) is 17.0 Å². The average Bonchev–Trinajstić information content (AvgIpc) is 2.65. The van der Waals surface area contributed by atoms with Gasteiger partial charge in [0.2, 0.25) is 0 Å². The summed E-state index contributed by atoms with van der Waals surface area (Å²) in [6.45, 7) is 4.24. The van der Waals surface area contributed by atoms with E-state index in [2.05, 4.69) is 5.10 Å². The second kappa shape index (κ2) is 5.36. The number of nitrogen functional groups attached to an aromatic ring is 1. The number of rotatable bonds is 3. The molecule has 1 amide bonds. The van der Waals surface area contributed by atoms with Crippen LogP contribution in [0.3, 0.4) is 0 Å². The van der Waals surface area contributed by atoms with E-state index in [1.165, 1.54) is 0 Å². The first kappa shape index (κ1) is 14.1. The van der Waals surface area contributed by atoms with Crippen LogP contribution in [0, 0.1) is 13.8 Å². The highest BCUT2D eigenvalue weighted by Crippen LogP contribution is 2.17. The summed E-state index contributed by atoms with van der Waals surface area (Å²) in [5, 5.41) is 4.28. The number of benzene rings is 1. The Kier molecular flexibility index (Phi) is 3.79. The molecule has 0 saturated heterocycles. The van der Waals surface area contributed by atoms with Crippen molar-refractivity contribution in [3.05, 3.63) is 46.8 Å². The van der Waals surface area contributed by atoms with Crippen LogP contribution in [-0.4, -0.2) is 27.6 Å². The summed E-state index contributed by atoms with van der Waals surface area (Å²) in [4.78, 5) is 14.2. The van der Waals surface area contributed by atoms with E-state index in [9.17, 15) is 4.79 Å². The maximum absolute atomic E-state index is 12.5. The van der Waals surface area contributed by atoms with E-state index < -0.39 is 0 Å². The predicted molar refractivity (Wildman–Crippen MR) is 79.3 cm³/mol. The van der Waals surface area contributed by atoms with Gasteiger partial charge in [0.05, 0.1) is 11.3 Å². The molecule has 0 fully saturated rings. The van der Waals surface area contributed by atoms with Gasteiger partial charge in [0, 0.05) is 32.0 Å². The lowest BCUT2D eigenvalue weighted by Gasteiger charge is -2.18. The van der Waals surface area contributed by atoms with Crippen LogP contribution < -0.4 is 5.73 Å². The van der Waals surface area contributed by atoms with Crippen LogP contribution in [0.1, 0.15) is 27.3 Å². The number of anilines is 1. The molecule has 1 aromatic heterocycles. The first-order valence-electron chi connectivity index (χ1n) is 6.51. The number of hydrogen-bond donors (Lipinski definition) is 1. The van der Waals surface area contributed by atoms with E-state index in [4.69, 9.17) is 5.73 Å². The van der Waals surface area contributed by atoms with Crippen LogP contribution in [-0.2, 0) is 13.6 Å². The largest absolute Gasteiger partial charge is 0.398 e. The molecule has 1 aromatic carbocycles. The topological polar surface area (TPSA) is 64.2 Å². The highest BCUT2D eigenvalue weighted by atomic mass is 16.2. The second-order valence-electron chi connectivity index (χ2n) is 5.03. The number of para-hydroxylation sites is 1. The number of aromatic nitrogens is 2. The summed E-state index contributed by atoms with van der Waals surface area (Å²) in [7, 11) is 3.62.